The van der Waals surface area contributed by atoms with E-state index in [1.807, 2.05) is 30.3 Å². The van der Waals surface area contributed by atoms with Crippen LogP contribution in [0.4, 0.5) is 0 Å². The fraction of sp³-hybridized carbons (Fsp3) is 0.400. The smallest absolute Gasteiger partial charge is 0.273 e. The highest BCUT2D eigenvalue weighted by Crippen LogP contribution is 2.09. The molecule has 2 heterocycles. The fourth-order valence-corrected chi connectivity index (χ4v) is 3.33. The van der Waals surface area contributed by atoms with E-state index in [0.717, 1.165) is 11.9 Å². The highest BCUT2D eigenvalue weighted by Gasteiger charge is 2.27. The predicted octanol–water partition coefficient (Wildman–Crippen LogP) is -0.342. The second kappa shape index (κ2) is 7.30. The summed E-state index contributed by atoms with van der Waals surface area (Å²) >= 11 is 0. The Morgan fingerprint density at radius 1 is 1.36 bits per heavy atom. The van der Waals surface area contributed by atoms with Gasteiger partial charge in [0, 0.05) is 19.6 Å². The Labute approximate surface area is 145 Å². The Balaban J connectivity index is 1.57. The summed E-state index contributed by atoms with van der Waals surface area (Å²) in [5.74, 6) is -0.387. The molecule has 1 unspecified atom stereocenters. The number of ether oxygens (including phenoxy) is 1. The van der Waals surface area contributed by atoms with Crippen LogP contribution in [0.1, 0.15) is 10.5 Å². The largest absolute Gasteiger partial charge is 0.374 e. The Kier molecular flexibility index (Phi) is 5.11. The van der Waals surface area contributed by atoms with Crippen LogP contribution in [0.5, 0.6) is 0 Å². The van der Waals surface area contributed by atoms with Gasteiger partial charge in [0.05, 0.1) is 30.9 Å². The van der Waals surface area contributed by atoms with E-state index in [-0.39, 0.29) is 24.7 Å². The van der Waals surface area contributed by atoms with Gasteiger partial charge < -0.3 is 10.1 Å². The predicted molar refractivity (Wildman–Crippen MR) is 89.8 cm³/mol. The van der Waals surface area contributed by atoms with Gasteiger partial charge in [-0.1, -0.05) is 23.4 Å². The van der Waals surface area contributed by atoms with Crippen molar-refractivity contribution < 1.29 is 17.9 Å². The summed E-state index contributed by atoms with van der Waals surface area (Å²) in [5.41, 5.74) is 0.980. The summed E-state index contributed by atoms with van der Waals surface area (Å²) in [6, 6.07) is 9.32. The summed E-state index contributed by atoms with van der Waals surface area (Å²) in [6.07, 6.45) is 2.31. The molecule has 0 spiro atoms. The van der Waals surface area contributed by atoms with Crippen LogP contribution in [-0.2, 0) is 14.8 Å². The zero-order valence-corrected chi connectivity index (χ0v) is 14.5. The Bertz CT molecular complexity index is 837. The number of aromatic nitrogens is 3. The van der Waals surface area contributed by atoms with Gasteiger partial charge >= 0.3 is 0 Å². The number of nitrogens with zero attached hydrogens (tertiary/aromatic N) is 4. The minimum atomic E-state index is -3.26. The minimum Gasteiger partial charge on any atom is -0.374 e. The molecule has 1 fully saturated rings. The lowest BCUT2D eigenvalue weighted by atomic mass is 10.3. The van der Waals surface area contributed by atoms with Gasteiger partial charge in [0.25, 0.3) is 5.91 Å². The van der Waals surface area contributed by atoms with Crippen molar-refractivity contribution in [1.82, 2.24) is 24.6 Å². The lowest BCUT2D eigenvalue weighted by Crippen LogP contribution is -2.49. The lowest BCUT2D eigenvalue weighted by Gasteiger charge is -2.31. The molecule has 1 saturated heterocycles. The number of carbonyl (C=O) groups is 1. The van der Waals surface area contributed by atoms with Gasteiger partial charge in [0.1, 0.15) is 0 Å². The van der Waals surface area contributed by atoms with Gasteiger partial charge in [-0.15, -0.1) is 5.10 Å². The first kappa shape index (κ1) is 17.5. The van der Waals surface area contributed by atoms with E-state index in [9.17, 15) is 13.2 Å². The quantitative estimate of drug-likeness (QED) is 0.777. The van der Waals surface area contributed by atoms with Crippen LogP contribution in [0.2, 0.25) is 0 Å². The van der Waals surface area contributed by atoms with Crippen molar-refractivity contribution in [2.75, 3.05) is 32.5 Å². The van der Waals surface area contributed by atoms with Gasteiger partial charge in [-0.2, -0.15) is 4.31 Å². The Hall–Kier alpha value is -2.30. The van der Waals surface area contributed by atoms with Crippen molar-refractivity contribution in [3.63, 3.8) is 0 Å². The third-order valence-electron chi connectivity index (χ3n) is 3.81. The van der Waals surface area contributed by atoms with Crippen LogP contribution >= 0.6 is 0 Å². The molecule has 10 heteroatoms. The molecule has 0 aliphatic carbocycles. The van der Waals surface area contributed by atoms with Crippen LogP contribution in [0.25, 0.3) is 5.69 Å². The topological polar surface area (TPSA) is 106 Å². The Morgan fingerprint density at radius 3 is 2.84 bits per heavy atom. The molecule has 2 aromatic rings. The number of hydrogen-bond donors (Lipinski definition) is 1. The number of sulfonamides is 1. The van der Waals surface area contributed by atoms with Gasteiger partial charge in [0.15, 0.2) is 5.69 Å². The van der Waals surface area contributed by atoms with Gasteiger partial charge in [-0.05, 0) is 12.1 Å². The number of carbonyl (C=O) groups excluding carboxylic acids is 1. The zero-order chi connectivity index (χ0) is 17.9. The van der Waals surface area contributed by atoms with Crippen LogP contribution < -0.4 is 5.32 Å². The molecular formula is C15H19N5O4S. The number of amides is 1. The summed E-state index contributed by atoms with van der Waals surface area (Å²) in [5, 5.41) is 10.5. The summed E-state index contributed by atoms with van der Waals surface area (Å²) < 4.78 is 31.5. The van der Waals surface area contributed by atoms with E-state index in [0.29, 0.717) is 13.2 Å². The second-order valence-corrected chi connectivity index (χ2v) is 7.69. The highest BCUT2D eigenvalue weighted by atomic mass is 32.2. The zero-order valence-electron chi connectivity index (χ0n) is 13.7. The number of hydrogen-bond acceptors (Lipinski definition) is 6. The molecule has 1 N–H and O–H groups in total. The van der Waals surface area contributed by atoms with Crippen molar-refractivity contribution in [1.29, 1.82) is 0 Å². The van der Waals surface area contributed by atoms with Crippen LogP contribution in [0.3, 0.4) is 0 Å². The van der Waals surface area contributed by atoms with E-state index in [2.05, 4.69) is 15.6 Å². The molecule has 1 aliphatic rings. The number of para-hydroxylation sites is 1. The number of morpholine rings is 1. The van der Waals surface area contributed by atoms with Crippen molar-refractivity contribution >= 4 is 15.9 Å². The van der Waals surface area contributed by atoms with E-state index in [4.69, 9.17) is 4.74 Å². The standard InChI is InChI=1S/C15H19N5O4S/c1-25(22,23)19-7-8-24-13(10-19)9-16-15(21)14-11-20(18-17-14)12-5-3-2-4-6-12/h2-6,11,13H,7-10H2,1H3,(H,16,21). The van der Waals surface area contributed by atoms with E-state index in [1.54, 1.807) is 0 Å². The molecule has 3 rings (SSSR count). The number of rotatable bonds is 5. The van der Waals surface area contributed by atoms with Crippen molar-refractivity contribution in [3.8, 4) is 5.69 Å². The highest BCUT2D eigenvalue weighted by molar-refractivity contribution is 7.88. The first-order chi connectivity index (χ1) is 11.9. The second-order valence-electron chi connectivity index (χ2n) is 5.71. The maximum atomic E-state index is 12.2. The SMILES string of the molecule is CS(=O)(=O)N1CCOC(CNC(=O)c2cn(-c3ccccc3)nn2)C1. The van der Waals surface area contributed by atoms with E-state index in [1.165, 1.54) is 15.2 Å². The molecule has 1 aromatic carbocycles. The van der Waals surface area contributed by atoms with Crippen molar-refractivity contribution in [3.05, 3.63) is 42.2 Å². The van der Waals surface area contributed by atoms with Gasteiger partial charge in [0.2, 0.25) is 10.0 Å². The first-order valence-electron chi connectivity index (χ1n) is 7.76. The average Bonchev–Trinajstić information content (AvgIpc) is 3.10. The van der Waals surface area contributed by atoms with Gasteiger partial charge in [-0.3, -0.25) is 4.79 Å². The number of nitrogens with one attached hydrogen (secondary N) is 1. The molecule has 1 aliphatic heterocycles. The monoisotopic (exact) mass is 365 g/mol. The Morgan fingerprint density at radius 2 is 2.12 bits per heavy atom. The molecule has 0 radical (unpaired) electrons. The maximum Gasteiger partial charge on any atom is 0.273 e. The average molecular weight is 365 g/mol. The normalized spacial score (nSPS) is 18.8. The van der Waals surface area contributed by atoms with Crippen LogP contribution in [-0.4, -0.2) is 72.2 Å². The molecule has 9 nitrogen and oxygen atoms in total. The molecule has 134 valence electrons. The maximum absolute atomic E-state index is 12.2. The molecule has 1 atom stereocenters. The van der Waals surface area contributed by atoms with E-state index < -0.39 is 16.1 Å². The molecule has 0 bridgehead atoms. The van der Waals surface area contributed by atoms with Crippen molar-refractivity contribution in [2.45, 2.75) is 6.10 Å². The summed E-state index contributed by atoms with van der Waals surface area (Å²) in [7, 11) is -3.26. The molecule has 1 amide bonds. The van der Waals surface area contributed by atoms with Gasteiger partial charge in [-0.25, -0.2) is 13.1 Å². The molecule has 1 aromatic heterocycles. The molecule has 25 heavy (non-hydrogen) atoms. The van der Waals surface area contributed by atoms with Crippen LogP contribution in [0.15, 0.2) is 36.5 Å². The van der Waals surface area contributed by atoms with E-state index >= 15 is 0 Å². The number of benzene rings is 1. The molecular weight excluding hydrogens is 346 g/mol. The minimum absolute atomic E-state index is 0.180. The third-order valence-corrected chi connectivity index (χ3v) is 5.08. The summed E-state index contributed by atoms with van der Waals surface area (Å²) in [6.45, 7) is 1.05. The first-order valence-corrected chi connectivity index (χ1v) is 9.61. The van der Waals surface area contributed by atoms with Crippen molar-refractivity contribution in [2.24, 2.45) is 0 Å². The fourth-order valence-electron chi connectivity index (χ4n) is 2.49. The van der Waals surface area contributed by atoms with Crippen LogP contribution in [0, 0.1) is 0 Å². The molecule has 0 saturated carbocycles. The summed E-state index contributed by atoms with van der Waals surface area (Å²) in [4.78, 5) is 12.2. The third kappa shape index (κ3) is 4.41. The lowest BCUT2D eigenvalue weighted by molar-refractivity contribution is 0.000411.